The SMILES string of the molecule is Cc1cc(C(=O)N2CC(C)CC(C)C2)sc1/C=C/C(=O)O. The van der Waals surface area contributed by atoms with E-state index in [9.17, 15) is 9.59 Å². The first-order chi connectivity index (χ1) is 9.86. The van der Waals surface area contributed by atoms with Gasteiger partial charge in [-0.2, -0.15) is 0 Å². The third kappa shape index (κ3) is 3.94. The van der Waals surface area contributed by atoms with Crippen LogP contribution >= 0.6 is 11.3 Å². The zero-order chi connectivity index (χ0) is 15.6. The molecular weight excluding hydrogens is 286 g/mol. The molecule has 1 N–H and O–H groups in total. The second-order valence-electron chi connectivity index (χ2n) is 5.99. The molecule has 21 heavy (non-hydrogen) atoms. The minimum absolute atomic E-state index is 0.0662. The predicted molar refractivity (Wildman–Crippen MR) is 84.6 cm³/mol. The quantitative estimate of drug-likeness (QED) is 0.872. The van der Waals surface area contributed by atoms with Crippen LogP contribution in [0.5, 0.6) is 0 Å². The van der Waals surface area contributed by atoms with Crippen LogP contribution in [-0.2, 0) is 4.79 Å². The lowest BCUT2D eigenvalue weighted by Crippen LogP contribution is -2.42. The van der Waals surface area contributed by atoms with Gasteiger partial charge in [-0.25, -0.2) is 4.79 Å². The number of aliphatic carboxylic acids is 1. The van der Waals surface area contributed by atoms with Crippen molar-refractivity contribution in [2.75, 3.05) is 13.1 Å². The van der Waals surface area contributed by atoms with Gasteiger partial charge in [0.2, 0.25) is 0 Å². The standard InChI is InChI=1S/C16H21NO3S/c1-10-6-11(2)9-17(8-10)16(20)14-7-12(3)13(21-14)4-5-15(18)19/h4-5,7,10-11H,6,8-9H2,1-3H3,(H,18,19)/b5-4+. The molecule has 4 nitrogen and oxygen atoms in total. The monoisotopic (exact) mass is 307 g/mol. The van der Waals surface area contributed by atoms with E-state index in [0.717, 1.165) is 29.6 Å². The van der Waals surface area contributed by atoms with Crippen LogP contribution in [0.4, 0.5) is 0 Å². The number of carbonyl (C=O) groups excluding carboxylic acids is 1. The van der Waals surface area contributed by atoms with Gasteiger partial charge in [0, 0.05) is 24.0 Å². The number of amides is 1. The number of thiophene rings is 1. The largest absolute Gasteiger partial charge is 0.478 e. The maximum atomic E-state index is 12.6. The number of carbonyl (C=O) groups is 2. The third-order valence-corrected chi connectivity index (χ3v) is 4.89. The molecule has 0 bridgehead atoms. The maximum absolute atomic E-state index is 12.6. The smallest absolute Gasteiger partial charge is 0.328 e. The number of carboxylic acids is 1. The van der Waals surface area contributed by atoms with E-state index in [1.807, 2.05) is 17.9 Å². The molecule has 2 unspecified atom stereocenters. The fourth-order valence-electron chi connectivity index (χ4n) is 2.90. The van der Waals surface area contributed by atoms with E-state index in [1.165, 1.54) is 17.8 Å². The number of likely N-dealkylation sites (tertiary alicyclic amines) is 1. The van der Waals surface area contributed by atoms with Gasteiger partial charge in [-0.15, -0.1) is 11.3 Å². The molecule has 1 fully saturated rings. The van der Waals surface area contributed by atoms with Crippen molar-refractivity contribution in [3.63, 3.8) is 0 Å². The lowest BCUT2D eigenvalue weighted by molar-refractivity contribution is -0.131. The zero-order valence-corrected chi connectivity index (χ0v) is 13.4. The van der Waals surface area contributed by atoms with Gasteiger partial charge >= 0.3 is 5.97 Å². The Labute approximate surface area is 129 Å². The Bertz CT molecular complexity index is 566. The highest BCUT2D eigenvalue weighted by atomic mass is 32.1. The molecule has 0 radical (unpaired) electrons. The number of nitrogens with zero attached hydrogens (tertiary/aromatic N) is 1. The summed E-state index contributed by atoms with van der Waals surface area (Å²) < 4.78 is 0. The Morgan fingerprint density at radius 2 is 1.95 bits per heavy atom. The zero-order valence-electron chi connectivity index (χ0n) is 12.6. The van der Waals surface area contributed by atoms with Gasteiger partial charge in [0.15, 0.2) is 0 Å². The first-order valence-electron chi connectivity index (χ1n) is 7.17. The average molecular weight is 307 g/mol. The van der Waals surface area contributed by atoms with E-state index in [-0.39, 0.29) is 5.91 Å². The first kappa shape index (κ1) is 15.8. The molecule has 2 atom stereocenters. The van der Waals surface area contributed by atoms with Crippen molar-refractivity contribution in [2.24, 2.45) is 11.8 Å². The number of hydrogen-bond donors (Lipinski definition) is 1. The number of carboxylic acid groups (broad SMARTS) is 1. The highest BCUT2D eigenvalue weighted by Crippen LogP contribution is 2.27. The summed E-state index contributed by atoms with van der Waals surface area (Å²) in [7, 11) is 0. The normalized spacial score (nSPS) is 22.7. The molecule has 1 amide bonds. The molecule has 2 heterocycles. The molecule has 0 spiro atoms. The topological polar surface area (TPSA) is 57.6 Å². The number of aryl methyl sites for hydroxylation is 1. The summed E-state index contributed by atoms with van der Waals surface area (Å²) in [6.07, 6.45) is 3.83. The summed E-state index contributed by atoms with van der Waals surface area (Å²) in [6, 6.07) is 1.86. The Hall–Kier alpha value is -1.62. The van der Waals surface area contributed by atoms with Crippen LogP contribution in [0.1, 0.15) is 40.4 Å². The van der Waals surface area contributed by atoms with Gasteiger partial charge in [0.25, 0.3) is 5.91 Å². The van der Waals surface area contributed by atoms with E-state index in [0.29, 0.717) is 16.7 Å². The second-order valence-corrected chi connectivity index (χ2v) is 7.07. The molecule has 2 rings (SSSR count). The van der Waals surface area contributed by atoms with Crippen molar-refractivity contribution in [2.45, 2.75) is 27.2 Å². The Balaban J connectivity index is 2.16. The van der Waals surface area contributed by atoms with Crippen LogP contribution in [0.15, 0.2) is 12.1 Å². The maximum Gasteiger partial charge on any atom is 0.328 e. The van der Waals surface area contributed by atoms with Gasteiger partial charge in [0.05, 0.1) is 4.88 Å². The summed E-state index contributed by atoms with van der Waals surface area (Å²) in [6.45, 7) is 7.87. The molecule has 1 aromatic rings. The Kier molecular flexibility index (Phi) is 4.83. The molecule has 0 saturated carbocycles. The van der Waals surface area contributed by atoms with Crippen molar-refractivity contribution in [3.05, 3.63) is 27.5 Å². The first-order valence-corrected chi connectivity index (χ1v) is 7.99. The summed E-state index contributed by atoms with van der Waals surface area (Å²) in [5, 5.41) is 8.69. The lowest BCUT2D eigenvalue weighted by Gasteiger charge is -2.34. The second kappa shape index (κ2) is 6.43. The molecular formula is C16H21NO3S. The van der Waals surface area contributed by atoms with Gasteiger partial charge in [-0.1, -0.05) is 13.8 Å². The van der Waals surface area contributed by atoms with E-state index in [4.69, 9.17) is 5.11 Å². The van der Waals surface area contributed by atoms with E-state index in [2.05, 4.69) is 13.8 Å². The van der Waals surface area contributed by atoms with Gasteiger partial charge in [-0.05, 0) is 42.9 Å². The van der Waals surface area contributed by atoms with Crippen LogP contribution < -0.4 is 0 Å². The van der Waals surface area contributed by atoms with Crippen LogP contribution in [0, 0.1) is 18.8 Å². The fourth-order valence-corrected chi connectivity index (χ4v) is 3.94. The van der Waals surface area contributed by atoms with E-state index in [1.54, 1.807) is 6.08 Å². The number of piperidine rings is 1. The molecule has 5 heteroatoms. The van der Waals surface area contributed by atoms with Crippen LogP contribution in [0.25, 0.3) is 6.08 Å². The highest BCUT2D eigenvalue weighted by molar-refractivity contribution is 7.15. The van der Waals surface area contributed by atoms with Crippen molar-refractivity contribution in [1.29, 1.82) is 0 Å². The van der Waals surface area contributed by atoms with Gasteiger partial charge < -0.3 is 10.0 Å². The molecule has 0 aromatic carbocycles. The molecule has 0 aliphatic carbocycles. The van der Waals surface area contributed by atoms with Gasteiger partial charge in [-0.3, -0.25) is 4.79 Å². The molecule has 1 aliphatic heterocycles. The summed E-state index contributed by atoms with van der Waals surface area (Å²) in [5.74, 6) is 0.154. The summed E-state index contributed by atoms with van der Waals surface area (Å²) in [5.41, 5.74) is 0.943. The fraction of sp³-hybridized carbons (Fsp3) is 0.500. The van der Waals surface area contributed by atoms with Crippen LogP contribution in [0.3, 0.4) is 0 Å². The van der Waals surface area contributed by atoms with Gasteiger partial charge in [0.1, 0.15) is 0 Å². The minimum Gasteiger partial charge on any atom is -0.478 e. The van der Waals surface area contributed by atoms with E-state index < -0.39 is 5.97 Å². The Morgan fingerprint density at radius 3 is 2.52 bits per heavy atom. The van der Waals surface area contributed by atoms with Crippen molar-refractivity contribution in [3.8, 4) is 0 Å². The number of rotatable bonds is 3. The lowest BCUT2D eigenvalue weighted by atomic mass is 9.92. The van der Waals surface area contributed by atoms with Crippen molar-refractivity contribution in [1.82, 2.24) is 4.90 Å². The summed E-state index contributed by atoms with van der Waals surface area (Å²) >= 11 is 1.36. The molecule has 1 aromatic heterocycles. The Morgan fingerprint density at radius 1 is 1.33 bits per heavy atom. The van der Waals surface area contributed by atoms with E-state index >= 15 is 0 Å². The third-order valence-electron chi connectivity index (χ3n) is 3.70. The molecule has 1 aliphatic rings. The molecule has 114 valence electrons. The summed E-state index contributed by atoms with van der Waals surface area (Å²) in [4.78, 5) is 26.6. The minimum atomic E-state index is -0.977. The molecule has 1 saturated heterocycles. The average Bonchev–Trinajstić information content (AvgIpc) is 2.75. The van der Waals surface area contributed by atoms with Crippen molar-refractivity contribution < 1.29 is 14.7 Å². The van der Waals surface area contributed by atoms with Crippen molar-refractivity contribution >= 4 is 29.3 Å². The highest BCUT2D eigenvalue weighted by Gasteiger charge is 2.27. The number of hydrogen-bond acceptors (Lipinski definition) is 3. The van der Waals surface area contributed by atoms with Crippen LogP contribution in [-0.4, -0.2) is 35.0 Å². The predicted octanol–water partition coefficient (Wildman–Crippen LogP) is 3.27. The van der Waals surface area contributed by atoms with Crippen LogP contribution in [0.2, 0.25) is 0 Å².